The molecule has 0 bridgehead atoms. The molecule has 0 radical (unpaired) electrons. The van der Waals surface area contributed by atoms with Crippen molar-refractivity contribution in [3.63, 3.8) is 0 Å². The Kier molecular flexibility index (Phi) is 8.22. The molecule has 1 fully saturated rings. The van der Waals surface area contributed by atoms with Crippen molar-refractivity contribution in [1.29, 1.82) is 0 Å². The molecule has 1 aliphatic rings. The van der Waals surface area contributed by atoms with E-state index in [1.165, 1.54) is 0 Å². The third-order valence-electron chi connectivity index (χ3n) is 5.14. The summed E-state index contributed by atoms with van der Waals surface area (Å²) in [5.41, 5.74) is 0.887. The first kappa shape index (κ1) is 22.3. The van der Waals surface area contributed by atoms with Crippen LogP contribution in [-0.4, -0.2) is 50.5 Å². The van der Waals surface area contributed by atoms with Crippen molar-refractivity contribution >= 4 is 29.2 Å². The third-order valence-corrected chi connectivity index (χ3v) is 5.87. The maximum absolute atomic E-state index is 9.39. The second-order valence-corrected chi connectivity index (χ2v) is 8.65. The van der Waals surface area contributed by atoms with Crippen LogP contribution in [0.1, 0.15) is 39.2 Å². The number of guanidine groups is 1. The number of ether oxygens (including phenoxy) is 1. The molecule has 0 saturated carbocycles. The summed E-state index contributed by atoms with van der Waals surface area (Å²) in [4.78, 5) is 4.78. The average Bonchev–Trinajstić information content (AvgIpc) is 3.09. The molecular formula is C20H31Cl2N3O2. The summed E-state index contributed by atoms with van der Waals surface area (Å²) in [6.45, 7) is 10.0. The Morgan fingerprint density at radius 3 is 2.67 bits per heavy atom. The van der Waals surface area contributed by atoms with Crippen LogP contribution < -0.4 is 10.6 Å². The lowest BCUT2D eigenvalue weighted by Gasteiger charge is -2.28. The van der Waals surface area contributed by atoms with Crippen molar-refractivity contribution in [2.45, 2.75) is 39.0 Å². The van der Waals surface area contributed by atoms with Crippen molar-refractivity contribution < 1.29 is 9.84 Å². The van der Waals surface area contributed by atoms with Crippen LogP contribution in [-0.2, 0) is 10.2 Å². The standard InChI is InChI=1S/C20H31Cl2N3O2/c1-4-23-18(25-13-20(7-9-26)8-10-27-14-20)24-12-19(2,3)15-5-6-16(21)17(22)11-15/h5-6,11,26H,4,7-10,12-14H2,1-3H3,(H2,23,24,25). The minimum absolute atomic E-state index is 0.0236. The quantitative estimate of drug-likeness (QED) is 0.448. The fourth-order valence-electron chi connectivity index (χ4n) is 3.21. The number of nitrogens with one attached hydrogen (secondary N) is 2. The van der Waals surface area contributed by atoms with Gasteiger partial charge in [0.25, 0.3) is 0 Å². The highest BCUT2D eigenvalue weighted by atomic mass is 35.5. The van der Waals surface area contributed by atoms with Gasteiger partial charge in [-0.1, -0.05) is 43.1 Å². The van der Waals surface area contributed by atoms with E-state index in [1.807, 2.05) is 25.1 Å². The molecule has 1 aromatic carbocycles. The summed E-state index contributed by atoms with van der Waals surface area (Å²) in [6, 6.07) is 5.73. The van der Waals surface area contributed by atoms with Crippen LogP contribution >= 0.6 is 23.2 Å². The zero-order valence-electron chi connectivity index (χ0n) is 16.4. The van der Waals surface area contributed by atoms with Gasteiger partial charge in [-0.25, -0.2) is 0 Å². The molecule has 0 amide bonds. The van der Waals surface area contributed by atoms with E-state index in [2.05, 4.69) is 24.5 Å². The Morgan fingerprint density at radius 2 is 2.07 bits per heavy atom. The van der Waals surface area contributed by atoms with Gasteiger partial charge in [0.05, 0.1) is 23.2 Å². The van der Waals surface area contributed by atoms with Gasteiger partial charge in [-0.15, -0.1) is 0 Å². The van der Waals surface area contributed by atoms with Crippen LogP contribution in [0.3, 0.4) is 0 Å². The van der Waals surface area contributed by atoms with Crippen molar-refractivity contribution in [2.75, 3.05) is 39.5 Å². The van der Waals surface area contributed by atoms with E-state index < -0.39 is 0 Å². The number of benzene rings is 1. The lowest BCUT2D eigenvalue weighted by Crippen LogP contribution is -2.45. The van der Waals surface area contributed by atoms with Crippen molar-refractivity contribution in [1.82, 2.24) is 10.6 Å². The van der Waals surface area contributed by atoms with Gasteiger partial charge < -0.3 is 20.5 Å². The number of halogens is 2. The summed E-state index contributed by atoms with van der Waals surface area (Å²) in [6.07, 6.45) is 1.68. The molecule has 1 unspecified atom stereocenters. The molecule has 0 aromatic heterocycles. The molecule has 7 heteroatoms. The van der Waals surface area contributed by atoms with Crippen LogP contribution in [0.15, 0.2) is 23.2 Å². The Labute approximate surface area is 172 Å². The second kappa shape index (κ2) is 9.97. The monoisotopic (exact) mass is 415 g/mol. The number of rotatable bonds is 8. The van der Waals surface area contributed by atoms with E-state index in [0.29, 0.717) is 23.2 Å². The number of aliphatic imine (C=N–C) groups is 1. The first-order chi connectivity index (χ1) is 12.8. The van der Waals surface area contributed by atoms with E-state index in [1.54, 1.807) is 0 Å². The van der Waals surface area contributed by atoms with Crippen molar-refractivity contribution in [3.05, 3.63) is 33.8 Å². The molecular weight excluding hydrogens is 385 g/mol. The van der Waals surface area contributed by atoms with E-state index in [4.69, 9.17) is 32.9 Å². The maximum Gasteiger partial charge on any atom is 0.191 e. The van der Waals surface area contributed by atoms with Gasteiger partial charge >= 0.3 is 0 Å². The molecule has 1 saturated heterocycles. The van der Waals surface area contributed by atoms with Crippen LogP contribution in [0.4, 0.5) is 0 Å². The highest BCUT2D eigenvalue weighted by molar-refractivity contribution is 6.42. The van der Waals surface area contributed by atoms with Gasteiger partial charge in [-0.05, 0) is 37.5 Å². The molecule has 152 valence electrons. The first-order valence-corrected chi connectivity index (χ1v) is 10.2. The lowest BCUT2D eigenvalue weighted by atomic mass is 9.84. The fraction of sp³-hybridized carbons (Fsp3) is 0.650. The molecule has 1 atom stereocenters. The number of hydrogen-bond donors (Lipinski definition) is 3. The Balaban J connectivity index is 2.06. The van der Waals surface area contributed by atoms with Gasteiger partial charge in [-0.3, -0.25) is 4.99 Å². The number of aliphatic hydroxyl groups excluding tert-OH is 1. The molecule has 27 heavy (non-hydrogen) atoms. The van der Waals surface area contributed by atoms with Gasteiger partial charge in [0.15, 0.2) is 5.96 Å². The van der Waals surface area contributed by atoms with E-state index in [-0.39, 0.29) is 17.4 Å². The maximum atomic E-state index is 9.39. The largest absolute Gasteiger partial charge is 0.396 e. The van der Waals surface area contributed by atoms with Crippen molar-refractivity contribution in [3.8, 4) is 0 Å². The van der Waals surface area contributed by atoms with E-state index >= 15 is 0 Å². The van der Waals surface area contributed by atoms with Crippen LogP contribution in [0.5, 0.6) is 0 Å². The summed E-state index contributed by atoms with van der Waals surface area (Å²) >= 11 is 12.2. The summed E-state index contributed by atoms with van der Waals surface area (Å²) < 4.78 is 5.56. The zero-order chi connectivity index (χ0) is 19.9. The molecule has 1 aliphatic heterocycles. The second-order valence-electron chi connectivity index (χ2n) is 7.84. The lowest BCUT2D eigenvalue weighted by molar-refractivity contribution is 0.127. The van der Waals surface area contributed by atoms with E-state index in [9.17, 15) is 5.11 Å². The summed E-state index contributed by atoms with van der Waals surface area (Å²) in [5.74, 6) is 0.773. The Morgan fingerprint density at radius 1 is 1.30 bits per heavy atom. The molecule has 2 rings (SSSR count). The normalized spacial score (nSPS) is 20.7. The molecule has 1 aromatic rings. The minimum atomic E-state index is -0.185. The van der Waals surface area contributed by atoms with Crippen LogP contribution in [0.25, 0.3) is 0 Å². The number of nitrogens with zero attached hydrogens (tertiary/aromatic N) is 1. The Bertz CT molecular complexity index is 644. The van der Waals surface area contributed by atoms with Gasteiger partial charge in [0.1, 0.15) is 0 Å². The molecule has 0 aliphatic carbocycles. The molecule has 3 N–H and O–H groups in total. The third kappa shape index (κ3) is 6.24. The number of aliphatic hydroxyl groups is 1. The predicted octanol–water partition coefficient (Wildman–Crippen LogP) is 3.62. The van der Waals surface area contributed by atoms with E-state index in [0.717, 1.165) is 44.1 Å². The van der Waals surface area contributed by atoms with Crippen LogP contribution in [0, 0.1) is 5.41 Å². The SMILES string of the molecule is CCNC(=NCC(C)(C)c1ccc(Cl)c(Cl)c1)NCC1(CCO)CCOC1. The van der Waals surface area contributed by atoms with Gasteiger partial charge in [0, 0.05) is 37.1 Å². The van der Waals surface area contributed by atoms with Crippen LogP contribution in [0.2, 0.25) is 10.0 Å². The molecule has 5 nitrogen and oxygen atoms in total. The summed E-state index contributed by atoms with van der Waals surface area (Å²) in [7, 11) is 0. The fourth-order valence-corrected chi connectivity index (χ4v) is 3.51. The zero-order valence-corrected chi connectivity index (χ0v) is 18.0. The van der Waals surface area contributed by atoms with Gasteiger partial charge in [0.2, 0.25) is 0 Å². The number of hydrogen-bond acceptors (Lipinski definition) is 3. The summed E-state index contributed by atoms with van der Waals surface area (Å²) in [5, 5.41) is 17.2. The average molecular weight is 416 g/mol. The molecule has 1 heterocycles. The smallest absolute Gasteiger partial charge is 0.191 e. The highest BCUT2D eigenvalue weighted by Crippen LogP contribution is 2.32. The minimum Gasteiger partial charge on any atom is -0.396 e. The first-order valence-electron chi connectivity index (χ1n) is 9.48. The Hall–Kier alpha value is -1.01. The highest BCUT2D eigenvalue weighted by Gasteiger charge is 2.34. The van der Waals surface area contributed by atoms with Crippen molar-refractivity contribution in [2.24, 2.45) is 10.4 Å². The topological polar surface area (TPSA) is 65.9 Å². The molecule has 0 spiro atoms. The van der Waals surface area contributed by atoms with Gasteiger partial charge in [-0.2, -0.15) is 0 Å². The predicted molar refractivity (Wildman–Crippen MR) is 113 cm³/mol.